The van der Waals surface area contributed by atoms with E-state index in [9.17, 15) is 21.6 Å². The van der Waals surface area contributed by atoms with E-state index in [-0.39, 0.29) is 34.9 Å². The third kappa shape index (κ3) is 4.83. The van der Waals surface area contributed by atoms with Crippen molar-refractivity contribution in [1.82, 2.24) is 9.21 Å². The molecule has 1 aromatic carbocycles. The maximum atomic E-state index is 12.7. The van der Waals surface area contributed by atoms with Gasteiger partial charge in [-0.2, -0.15) is 4.31 Å². The van der Waals surface area contributed by atoms with Gasteiger partial charge in [0.15, 0.2) is 9.84 Å². The van der Waals surface area contributed by atoms with Crippen LogP contribution in [0.25, 0.3) is 0 Å². The Labute approximate surface area is 165 Å². The summed E-state index contributed by atoms with van der Waals surface area (Å²) in [5, 5.41) is 2.94. The van der Waals surface area contributed by atoms with Crippen molar-refractivity contribution in [2.45, 2.75) is 17.4 Å². The fraction of sp³-hybridized carbons (Fsp3) is 0.588. The summed E-state index contributed by atoms with van der Waals surface area (Å²) in [5.41, 5.74) is 0.509. The highest BCUT2D eigenvalue weighted by molar-refractivity contribution is 7.91. The lowest BCUT2D eigenvalue weighted by Crippen LogP contribution is -2.41. The molecule has 0 radical (unpaired) electrons. The fourth-order valence-corrected chi connectivity index (χ4v) is 6.52. The van der Waals surface area contributed by atoms with Crippen molar-refractivity contribution in [1.29, 1.82) is 0 Å². The van der Waals surface area contributed by atoms with Crippen molar-refractivity contribution in [3.63, 3.8) is 0 Å². The van der Waals surface area contributed by atoms with Crippen LogP contribution in [0.5, 0.6) is 0 Å². The van der Waals surface area contributed by atoms with Crippen molar-refractivity contribution >= 4 is 31.5 Å². The molecule has 2 saturated heterocycles. The van der Waals surface area contributed by atoms with Crippen molar-refractivity contribution in [3.05, 3.63) is 24.3 Å². The van der Waals surface area contributed by atoms with Crippen LogP contribution in [-0.2, 0) is 29.4 Å². The zero-order valence-electron chi connectivity index (χ0n) is 15.7. The second-order valence-electron chi connectivity index (χ2n) is 6.96. The van der Waals surface area contributed by atoms with Gasteiger partial charge in [0.2, 0.25) is 15.9 Å². The molecule has 0 spiro atoms. The minimum atomic E-state index is -3.61. The number of likely N-dealkylation sites (N-methyl/N-ethyl adjacent to an activating group) is 1. The molecule has 28 heavy (non-hydrogen) atoms. The molecule has 9 nitrogen and oxygen atoms in total. The summed E-state index contributed by atoms with van der Waals surface area (Å²) in [5.74, 6) is -0.157. The van der Waals surface area contributed by atoms with Crippen LogP contribution in [0, 0.1) is 0 Å². The van der Waals surface area contributed by atoms with Gasteiger partial charge in [-0.3, -0.25) is 4.79 Å². The van der Waals surface area contributed by atoms with Crippen LogP contribution in [0.15, 0.2) is 29.2 Å². The lowest BCUT2D eigenvalue weighted by atomic mass is 10.2. The van der Waals surface area contributed by atoms with Crippen LogP contribution in [0.4, 0.5) is 5.69 Å². The van der Waals surface area contributed by atoms with E-state index < -0.39 is 19.9 Å². The SMILES string of the molecule is CN(C(=O)CNc1cccc(S(=O)(=O)N2CCOCC2)c1)C1CCS(=O)(=O)C1. The van der Waals surface area contributed by atoms with Gasteiger partial charge in [-0.15, -0.1) is 0 Å². The third-order valence-corrected chi connectivity index (χ3v) is 8.68. The van der Waals surface area contributed by atoms with Crippen molar-refractivity contribution in [2.24, 2.45) is 0 Å². The van der Waals surface area contributed by atoms with Gasteiger partial charge in [-0.05, 0) is 24.6 Å². The maximum Gasteiger partial charge on any atom is 0.243 e. The molecule has 2 aliphatic rings. The fourth-order valence-electron chi connectivity index (χ4n) is 3.29. The predicted molar refractivity (Wildman–Crippen MR) is 104 cm³/mol. The smallest absolute Gasteiger partial charge is 0.243 e. The number of ether oxygens (including phenoxy) is 1. The molecule has 3 rings (SSSR count). The largest absolute Gasteiger partial charge is 0.379 e. The molecule has 1 N–H and O–H groups in total. The molecular weight excluding hydrogens is 406 g/mol. The molecule has 2 heterocycles. The minimum Gasteiger partial charge on any atom is -0.379 e. The first-order valence-corrected chi connectivity index (χ1v) is 12.3. The van der Waals surface area contributed by atoms with Crippen LogP contribution in [-0.4, -0.2) is 89.4 Å². The summed E-state index contributed by atoms with van der Waals surface area (Å²) in [7, 11) is -5.09. The summed E-state index contributed by atoms with van der Waals surface area (Å²) in [6.07, 6.45) is 0.442. The molecule has 0 saturated carbocycles. The summed E-state index contributed by atoms with van der Waals surface area (Å²) in [6, 6.07) is 6.01. The van der Waals surface area contributed by atoms with E-state index in [2.05, 4.69) is 5.32 Å². The topological polar surface area (TPSA) is 113 Å². The van der Waals surface area contributed by atoms with Crippen LogP contribution in [0.3, 0.4) is 0 Å². The average molecular weight is 432 g/mol. The number of nitrogens with zero attached hydrogens (tertiary/aromatic N) is 2. The van der Waals surface area contributed by atoms with Gasteiger partial charge in [0, 0.05) is 31.9 Å². The lowest BCUT2D eigenvalue weighted by molar-refractivity contribution is -0.129. The number of rotatable bonds is 6. The number of hydrogen-bond acceptors (Lipinski definition) is 7. The van der Waals surface area contributed by atoms with E-state index >= 15 is 0 Å². The molecule has 1 atom stereocenters. The van der Waals surface area contributed by atoms with Crippen molar-refractivity contribution < 1.29 is 26.4 Å². The Bertz CT molecular complexity index is 926. The number of hydrogen-bond donors (Lipinski definition) is 1. The van der Waals surface area contributed by atoms with Crippen LogP contribution in [0.2, 0.25) is 0 Å². The molecule has 0 bridgehead atoms. The zero-order valence-corrected chi connectivity index (χ0v) is 17.3. The molecule has 1 unspecified atom stereocenters. The van der Waals surface area contributed by atoms with E-state index in [0.29, 0.717) is 38.4 Å². The molecule has 0 aromatic heterocycles. The average Bonchev–Trinajstić information content (AvgIpc) is 3.06. The number of amides is 1. The Hall–Kier alpha value is -1.69. The molecule has 1 aromatic rings. The molecular formula is C17H25N3O6S2. The van der Waals surface area contributed by atoms with E-state index in [4.69, 9.17) is 4.74 Å². The number of carbonyl (C=O) groups excluding carboxylic acids is 1. The second kappa shape index (κ2) is 8.36. The zero-order chi connectivity index (χ0) is 20.4. The maximum absolute atomic E-state index is 12.7. The molecule has 156 valence electrons. The molecule has 0 aliphatic carbocycles. The van der Waals surface area contributed by atoms with Crippen LogP contribution >= 0.6 is 0 Å². The van der Waals surface area contributed by atoms with Gasteiger partial charge >= 0.3 is 0 Å². The van der Waals surface area contributed by atoms with Gasteiger partial charge in [0.1, 0.15) is 0 Å². The monoisotopic (exact) mass is 431 g/mol. The van der Waals surface area contributed by atoms with Gasteiger partial charge < -0.3 is 15.0 Å². The van der Waals surface area contributed by atoms with Gasteiger partial charge in [-0.1, -0.05) is 6.07 Å². The van der Waals surface area contributed by atoms with Gasteiger partial charge in [0.25, 0.3) is 0 Å². The summed E-state index contributed by atoms with van der Waals surface area (Å²) >= 11 is 0. The second-order valence-corrected chi connectivity index (χ2v) is 11.1. The highest BCUT2D eigenvalue weighted by Crippen LogP contribution is 2.21. The van der Waals surface area contributed by atoms with Gasteiger partial charge in [0.05, 0.1) is 36.2 Å². The van der Waals surface area contributed by atoms with E-state index in [1.165, 1.54) is 21.3 Å². The van der Waals surface area contributed by atoms with Crippen molar-refractivity contribution in [2.75, 3.05) is 56.7 Å². The standard InChI is InChI=1S/C17H25N3O6S2/c1-19(15-5-10-27(22,23)13-15)17(21)12-18-14-3-2-4-16(11-14)28(24,25)20-6-8-26-9-7-20/h2-4,11,15,18H,5-10,12-13H2,1H3. The minimum absolute atomic E-state index is 0.0114. The van der Waals surface area contributed by atoms with Crippen LogP contribution < -0.4 is 5.32 Å². The highest BCUT2D eigenvalue weighted by Gasteiger charge is 2.32. The van der Waals surface area contributed by atoms with Crippen LogP contribution in [0.1, 0.15) is 6.42 Å². The Morgan fingerprint density at radius 1 is 1.32 bits per heavy atom. The first-order chi connectivity index (χ1) is 13.2. The molecule has 11 heteroatoms. The lowest BCUT2D eigenvalue weighted by Gasteiger charge is -2.26. The van der Waals surface area contributed by atoms with E-state index in [1.54, 1.807) is 19.2 Å². The number of morpholine rings is 1. The third-order valence-electron chi connectivity index (χ3n) is 5.04. The molecule has 1 amide bonds. The van der Waals surface area contributed by atoms with E-state index in [0.717, 1.165) is 0 Å². The quantitative estimate of drug-likeness (QED) is 0.662. The normalized spacial score (nSPS) is 22.7. The summed E-state index contributed by atoms with van der Waals surface area (Å²) in [6.45, 7) is 1.32. The van der Waals surface area contributed by atoms with E-state index in [1.807, 2.05) is 0 Å². The Morgan fingerprint density at radius 3 is 2.68 bits per heavy atom. The highest BCUT2D eigenvalue weighted by atomic mass is 32.2. The Kier molecular flexibility index (Phi) is 6.28. The number of benzene rings is 1. The molecule has 2 aliphatic heterocycles. The first kappa shape index (κ1) is 21.0. The van der Waals surface area contributed by atoms with Crippen molar-refractivity contribution in [3.8, 4) is 0 Å². The number of nitrogens with one attached hydrogen (secondary N) is 1. The number of sulfone groups is 1. The Balaban J connectivity index is 1.62. The number of anilines is 1. The summed E-state index contributed by atoms with van der Waals surface area (Å²) < 4.78 is 55.2. The summed E-state index contributed by atoms with van der Waals surface area (Å²) in [4.78, 5) is 14.0. The first-order valence-electron chi connectivity index (χ1n) is 9.07. The predicted octanol–water partition coefficient (Wildman–Crippen LogP) is -0.235. The Morgan fingerprint density at radius 2 is 2.04 bits per heavy atom. The van der Waals surface area contributed by atoms with Gasteiger partial charge in [-0.25, -0.2) is 16.8 Å². The number of sulfonamides is 1. The molecule has 2 fully saturated rings. The number of carbonyl (C=O) groups is 1.